The second-order valence-corrected chi connectivity index (χ2v) is 1.62. The molecule has 3 heteroatoms. The topological polar surface area (TPSA) is 26.0 Å². The SMILES string of the molecule is NC(C=S)CS. The van der Waals surface area contributed by atoms with Crippen molar-refractivity contribution in [2.45, 2.75) is 6.04 Å². The van der Waals surface area contributed by atoms with Gasteiger partial charge in [-0.1, -0.05) is 12.2 Å². The van der Waals surface area contributed by atoms with Gasteiger partial charge in [-0.25, -0.2) is 0 Å². The van der Waals surface area contributed by atoms with Crippen LogP contribution < -0.4 is 5.73 Å². The highest BCUT2D eigenvalue weighted by Gasteiger charge is 1.86. The summed E-state index contributed by atoms with van der Waals surface area (Å²) < 4.78 is 0. The minimum atomic E-state index is -0.0108. The van der Waals surface area contributed by atoms with E-state index in [1.165, 1.54) is 5.37 Å². The number of rotatable bonds is 2. The van der Waals surface area contributed by atoms with Crippen molar-refractivity contribution in [3.8, 4) is 0 Å². The van der Waals surface area contributed by atoms with Crippen LogP contribution in [0.3, 0.4) is 0 Å². The molecule has 6 heavy (non-hydrogen) atoms. The zero-order chi connectivity index (χ0) is 4.99. The van der Waals surface area contributed by atoms with Crippen molar-refractivity contribution in [3.63, 3.8) is 0 Å². The van der Waals surface area contributed by atoms with Crippen molar-refractivity contribution in [2.75, 3.05) is 5.75 Å². The molecule has 2 N–H and O–H groups in total. The first-order valence-electron chi connectivity index (χ1n) is 1.63. The average molecular weight is 121 g/mol. The zero-order valence-corrected chi connectivity index (χ0v) is 5.01. The van der Waals surface area contributed by atoms with E-state index < -0.39 is 0 Å². The zero-order valence-electron chi connectivity index (χ0n) is 3.29. The molecule has 0 saturated heterocycles. The van der Waals surface area contributed by atoms with E-state index in [1.807, 2.05) is 0 Å². The monoisotopic (exact) mass is 121 g/mol. The summed E-state index contributed by atoms with van der Waals surface area (Å²) in [7, 11) is 0. The fraction of sp³-hybridized carbons (Fsp3) is 0.667. The highest BCUT2D eigenvalue weighted by molar-refractivity contribution is 7.81. The van der Waals surface area contributed by atoms with E-state index in [2.05, 4.69) is 24.8 Å². The summed E-state index contributed by atoms with van der Waals surface area (Å²) in [5.41, 5.74) is 5.24. The summed E-state index contributed by atoms with van der Waals surface area (Å²) in [5, 5.41) is 1.51. The van der Waals surface area contributed by atoms with Crippen LogP contribution in [0.25, 0.3) is 0 Å². The Hall–Kier alpha value is 0.400. The molecule has 0 aromatic carbocycles. The normalized spacial score (nSPS) is 13.7. The Morgan fingerprint density at radius 3 is 2.50 bits per heavy atom. The van der Waals surface area contributed by atoms with Crippen LogP contribution in [0.15, 0.2) is 0 Å². The lowest BCUT2D eigenvalue weighted by molar-refractivity contribution is 1.03. The van der Waals surface area contributed by atoms with Crippen LogP contribution in [-0.4, -0.2) is 17.2 Å². The molecule has 0 amide bonds. The molecule has 36 valence electrons. The summed E-state index contributed by atoms with van der Waals surface area (Å²) in [4.78, 5) is 0. The molecule has 0 rings (SSSR count). The van der Waals surface area contributed by atoms with Crippen molar-refractivity contribution >= 4 is 30.2 Å². The van der Waals surface area contributed by atoms with E-state index in [9.17, 15) is 0 Å². The molecule has 0 aromatic rings. The third-order valence-corrected chi connectivity index (χ3v) is 1.16. The van der Waals surface area contributed by atoms with Gasteiger partial charge in [0.05, 0.1) is 0 Å². The number of hydrogen-bond acceptors (Lipinski definition) is 3. The third-order valence-electron chi connectivity index (χ3n) is 0.386. The van der Waals surface area contributed by atoms with Gasteiger partial charge in [0.1, 0.15) is 0 Å². The standard InChI is InChI=1S/C3H7NS2/c4-3(1-5)2-6/h1,3,6H,2,4H2. The summed E-state index contributed by atoms with van der Waals surface area (Å²) in [6.07, 6.45) is 0. The van der Waals surface area contributed by atoms with Crippen molar-refractivity contribution < 1.29 is 0 Å². The van der Waals surface area contributed by atoms with Crippen LogP contribution in [0.5, 0.6) is 0 Å². The average Bonchev–Trinajstić information content (AvgIpc) is 1.65. The molecule has 0 aliphatic carbocycles. The van der Waals surface area contributed by atoms with Gasteiger partial charge >= 0.3 is 0 Å². The van der Waals surface area contributed by atoms with Gasteiger partial charge in [-0.2, -0.15) is 12.6 Å². The van der Waals surface area contributed by atoms with Crippen molar-refractivity contribution in [1.82, 2.24) is 0 Å². The van der Waals surface area contributed by atoms with Crippen LogP contribution >= 0.6 is 24.8 Å². The molecule has 0 fully saturated rings. The summed E-state index contributed by atoms with van der Waals surface area (Å²) in [6, 6.07) is -0.0108. The second kappa shape index (κ2) is 3.59. The Morgan fingerprint density at radius 1 is 2.00 bits per heavy atom. The molecule has 1 nitrogen and oxygen atoms in total. The molecular weight excluding hydrogens is 114 g/mol. The van der Waals surface area contributed by atoms with Crippen molar-refractivity contribution in [1.29, 1.82) is 0 Å². The summed E-state index contributed by atoms with van der Waals surface area (Å²) in [5.74, 6) is 0.642. The largest absolute Gasteiger partial charge is 0.323 e. The van der Waals surface area contributed by atoms with Crippen LogP contribution in [0.4, 0.5) is 0 Å². The maximum Gasteiger partial charge on any atom is 0.0417 e. The van der Waals surface area contributed by atoms with Gasteiger partial charge in [0.25, 0.3) is 0 Å². The van der Waals surface area contributed by atoms with Crippen LogP contribution in [0.1, 0.15) is 0 Å². The first-order valence-corrected chi connectivity index (χ1v) is 2.73. The van der Waals surface area contributed by atoms with Gasteiger partial charge in [0.15, 0.2) is 0 Å². The Morgan fingerprint density at radius 2 is 2.50 bits per heavy atom. The second-order valence-electron chi connectivity index (χ2n) is 0.983. The van der Waals surface area contributed by atoms with E-state index in [0.29, 0.717) is 5.75 Å². The quantitative estimate of drug-likeness (QED) is 0.404. The molecule has 0 bridgehead atoms. The molecule has 0 aliphatic rings. The Kier molecular flexibility index (Phi) is 3.82. The lowest BCUT2D eigenvalue weighted by Crippen LogP contribution is -2.21. The van der Waals surface area contributed by atoms with Crippen LogP contribution in [0, 0.1) is 0 Å². The lowest BCUT2D eigenvalue weighted by Gasteiger charge is -1.92. The number of thiol groups is 1. The number of nitrogens with two attached hydrogens (primary N) is 1. The Balaban J connectivity index is 2.96. The molecule has 1 atom stereocenters. The fourth-order valence-electron chi connectivity index (χ4n) is 0.0430. The maximum atomic E-state index is 5.24. The molecule has 1 unspecified atom stereocenters. The van der Waals surface area contributed by atoms with E-state index in [-0.39, 0.29) is 6.04 Å². The van der Waals surface area contributed by atoms with E-state index in [4.69, 9.17) is 5.73 Å². The highest BCUT2D eigenvalue weighted by atomic mass is 32.1. The summed E-state index contributed by atoms with van der Waals surface area (Å²) in [6.45, 7) is 0. The molecule has 0 aromatic heterocycles. The molecule has 0 spiro atoms. The minimum Gasteiger partial charge on any atom is -0.323 e. The van der Waals surface area contributed by atoms with E-state index in [0.717, 1.165) is 0 Å². The molecule has 0 aliphatic heterocycles. The van der Waals surface area contributed by atoms with Crippen LogP contribution in [-0.2, 0) is 0 Å². The van der Waals surface area contributed by atoms with Gasteiger partial charge < -0.3 is 5.73 Å². The van der Waals surface area contributed by atoms with Crippen molar-refractivity contribution in [3.05, 3.63) is 0 Å². The van der Waals surface area contributed by atoms with Crippen LogP contribution in [0.2, 0.25) is 0 Å². The smallest absolute Gasteiger partial charge is 0.0417 e. The van der Waals surface area contributed by atoms with Gasteiger partial charge in [0.2, 0.25) is 0 Å². The van der Waals surface area contributed by atoms with E-state index >= 15 is 0 Å². The number of thiocarbonyl (C=S) groups is 1. The first-order chi connectivity index (χ1) is 2.81. The maximum absolute atomic E-state index is 5.24. The number of hydrogen-bond donors (Lipinski definition) is 2. The van der Waals surface area contributed by atoms with Gasteiger partial charge in [-0.05, 0) is 5.37 Å². The Bertz CT molecular complexity index is 46.1. The van der Waals surface area contributed by atoms with Crippen molar-refractivity contribution in [2.24, 2.45) is 5.73 Å². The highest BCUT2D eigenvalue weighted by Crippen LogP contribution is 1.75. The van der Waals surface area contributed by atoms with E-state index in [1.54, 1.807) is 0 Å². The van der Waals surface area contributed by atoms with Gasteiger partial charge in [-0.15, -0.1) is 0 Å². The molecule has 0 heterocycles. The molecule has 0 saturated carbocycles. The third kappa shape index (κ3) is 2.63. The minimum absolute atomic E-state index is 0.0108. The van der Waals surface area contributed by atoms with Gasteiger partial charge in [0, 0.05) is 11.8 Å². The predicted octanol–water partition coefficient (Wildman–Crippen LogP) is 0.243. The summed E-state index contributed by atoms with van der Waals surface area (Å²) >= 11 is 8.35. The first kappa shape index (κ1) is 6.40. The lowest BCUT2D eigenvalue weighted by atomic mass is 10.4. The molecular formula is C3H7NS2. The fourth-order valence-corrected chi connectivity index (χ4v) is 0.387. The molecule has 0 radical (unpaired) electrons. The Labute approximate surface area is 48.3 Å². The predicted molar refractivity (Wildman–Crippen MR) is 35.5 cm³/mol. The van der Waals surface area contributed by atoms with Gasteiger partial charge in [-0.3, -0.25) is 0 Å².